The molecule has 0 aliphatic rings. The minimum Gasteiger partial charge on any atom is -0.441 e. The standard InChI is InChI=1S/C20H20BrN3O2/c1-3-24-19(18(13-22-24)16-9-11-17(21)12-10-16)23-20(25)26-14(2)15-7-5-4-6-8-15/h4-14H,3H2,1-2H3,(H,23,25). The van der Waals surface area contributed by atoms with Gasteiger partial charge in [0.2, 0.25) is 0 Å². The van der Waals surface area contributed by atoms with Crippen molar-refractivity contribution in [2.24, 2.45) is 0 Å². The highest BCUT2D eigenvalue weighted by Crippen LogP contribution is 2.29. The molecule has 1 amide bonds. The maximum Gasteiger partial charge on any atom is 0.413 e. The van der Waals surface area contributed by atoms with Crippen LogP contribution in [0.15, 0.2) is 65.3 Å². The van der Waals surface area contributed by atoms with E-state index in [0.717, 1.165) is 21.2 Å². The van der Waals surface area contributed by atoms with E-state index in [1.165, 1.54) is 0 Å². The molecule has 26 heavy (non-hydrogen) atoms. The highest BCUT2D eigenvalue weighted by atomic mass is 79.9. The highest BCUT2D eigenvalue weighted by Gasteiger charge is 2.17. The van der Waals surface area contributed by atoms with Gasteiger partial charge in [-0.2, -0.15) is 5.10 Å². The lowest BCUT2D eigenvalue weighted by Gasteiger charge is -2.15. The van der Waals surface area contributed by atoms with Gasteiger partial charge < -0.3 is 4.74 Å². The largest absolute Gasteiger partial charge is 0.441 e. The number of anilines is 1. The molecule has 0 saturated heterocycles. The predicted molar refractivity (Wildman–Crippen MR) is 106 cm³/mol. The van der Waals surface area contributed by atoms with Crippen LogP contribution < -0.4 is 5.32 Å². The van der Waals surface area contributed by atoms with Crippen LogP contribution in [0, 0.1) is 0 Å². The Balaban J connectivity index is 1.79. The zero-order valence-electron chi connectivity index (χ0n) is 14.6. The Morgan fingerprint density at radius 2 is 1.88 bits per heavy atom. The number of halogens is 1. The van der Waals surface area contributed by atoms with E-state index in [0.29, 0.717) is 12.4 Å². The molecule has 2 aromatic carbocycles. The molecule has 0 radical (unpaired) electrons. The summed E-state index contributed by atoms with van der Waals surface area (Å²) in [6.07, 6.45) is 0.906. The van der Waals surface area contributed by atoms with E-state index in [1.807, 2.05) is 68.4 Å². The molecule has 0 fully saturated rings. The van der Waals surface area contributed by atoms with Gasteiger partial charge in [0.1, 0.15) is 11.9 Å². The van der Waals surface area contributed by atoms with Gasteiger partial charge in [0, 0.05) is 16.6 Å². The molecule has 0 saturated carbocycles. The number of carbonyl (C=O) groups is 1. The minimum absolute atomic E-state index is 0.342. The first kappa shape index (κ1) is 18.2. The molecule has 134 valence electrons. The molecule has 3 rings (SSSR count). The second-order valence-corrected chi connectivity index (χ2v) is 6.73. The fourth-order valence-corrected chi connectivity index (χ4v) is 2.94. The number of aryl methyl sites for hydroxylation is 1. The van der Waals surface area contributed by atoms with Crippen molar-refractivity contribution in [2.45, 2.75) is 26.5 Å². The zero-order chi connectivity index (χ0) is 18.5. The summed E-state index contributed by atoms with van der Waals surface area (Å²) in [5.74, 6) is 0.625. The Hall–Kier alpha value is -2.60. The van der Waals surface area contributed by atoms with E-state index < -0.39 is 6.09 Å². The van der Waals surface area contributed by atoms with Crippen LogP contribution in [0.25, 0.3) is 11.1 Å². The Morgan fingerprint density at radius 1 is 1.19 bits per heavy atom. The molecule has 3 aromatic rings. The van der Waals surface area contributed by atoms with Gasteiger partial charge in [-0.15, -0.1) is 0 Å². The maximum absolute atomic E-state index is 12.4. The van der Waals surface area contributed by atoms with Crippen molar-refractivity contribution in [3.8, 4) is 11.1 Å². The molecular formula is C20H20BrN3O2. The summed E-state index contributed by atoms with van der Waals surface area (Å²) in [5, 5.41) is 7.21. The number of benzene rings is 2. The van der Waals surface area contributed by atoms with Gasteiger partial charge in [-0.05, 0) is 37.1 Å². The summed E-state index contributed by atoms with van der Waals surface area (Å²) in [5.41, 5.74) is 2.77. The van der Waals surface area contributed by atoms with Gasteiger partial charge >= 0.3 is 6.09 Å². The molecule has 0 aliphatic carbocycles. The van der Waals surface area contributed by atoms with E-state index in [1.54, 1.807) is 10.9 Å². The lowest BCUT2D eigenvalue weighted by atomic mass is 10.1. The van der Waals surface area contributed by atoms with E-state index in [2.05, 4.69) is 26.3 Å². The average Bonchev–Trinajstić information content (AvgIpc) is 3.05. The minimum atomic E-state index is -0.505. The van der Waals surface area contributed by atoms with Crippen LogP contribution in [-0.4, -0.2) is 15.9 Å². The van der Waals surface area contributed by atoms with Crippen molar-refractivity contribution < 1.29 is 9.53 Å². The van der Waals surface area contributed by atoms with Gasteiger partial charge in [0.05, 0.1) is 6.20 Å². The summed E-state index contributed by atoms with van der Waals surface area (Å²) in [4.78, 5) is 12.4. The lowest BCUT2D eigenvalue weighted by molar-refractivity contribution is 0.121. The first-order chi connectivity index (χ1) is 12.6. The summed E-state index contributed by atoms with van der Waals surface area (Å²) in [6, 6.07) is 17.5. The molecule has 1 atom stereocenters. The number of nitrogens with one attached hydrogen (secondary N) is 1. The van der Waals surface area contributed by atoms with E-state index >= 15 is 0 Å². The van der Waals surface area contributed by atoms with Crippen LogP contribution in [0.3, 0.4) is 0 Å². The molecule has 0 spiro atoms. The number of rotatable bonds is 5. The summed E-state index contributed by atoms with van der Waals surface area (Å²) in [7, 11) is 0. The van der Waals surface area contributed by atoms with Crippen molar-refractivity contribution >= 4 is 27.8 Å². The molecular weight excluding hydrogens is 394 g/mol. The van der Waals surface area contributed by atoms with Gasteiger partial charge in [-0.1, -0.05) is 58.4 Å². The molecule has 5 nitrogen and oxygen atoms in total. The van der Waals surface area contributed by atoms with Crippen LogP contribution >= 0.6 is 15.9 Å². The third-order valence-electron chi connectivity index (χ3n) is 4.07. The number of hydrogen-bond acceptors (Lipinski definition) is 3. The number of aromatic nitrogens is 2. The summed E-state index contributed by atoms with van der Waals surface area (Å²) < 4.78 is 8.26. The Kier molecular flexibility index (Phi) is 5.73. The SMILES string of the molecule is CCn1ncc(-c2ccc(Br)cc2)c1NC(=O)OC(C)c1ccccc1. The molecule has 0 bridgehead atoms. The second kappa shape index (κ2) is 8.19. The number of ether oxygens (including phenoxy) is 1. The number of amides is 1. The van der Waals surface area contributed by atoms with Crippen molar-refractivity contribution in [1.82, 2.24) is 9.78 Å². The van der Waals surface area contributed by atoms with Gasteiger partial charge in [0.15, 0.2) is 0 Å². The van der Waals surface area contributed by atoms with Crippen LogP contribution in [0.1, 0.15) is 25.5 Å². The van der Waals surface area contributed by atoms with Crippen LogP contribution in [-0.2, 0) is 11.3 Å². The predicted octanol–water partition coefficient (Wildman–Crippen LogP) is 5.64. The smallest absolute Gasteiger partial charge is 0.413 e. The first-order valence-electron chi connectivity index (χ1n) is 8.42. The molecule has 1 aromatic heterocycles. The quantitative estimate of drug-likeness (QED) is 0.588. The Bertz CT molecular complexity index is 876. The van der Waals surface area contributed by atoms with Gasteiger partial charge in [0.25, 0.3) is 0 Å². The topological polar surface area (TPSA) is 56.2 Å². The van der Waals surface area contributed by atoms with E-state index in [-0.39, 0.29) is 6.10 Å². The average molecular weight is 414 g/mol. The highest BCUT2D eigenvalue weighted by molar-refractivity contribution is 9.10. The van der Waals surface area contributed by atoms with Crippen LogP contribution in [0.4, 0.5) is 10.6 Å². The molecule has 6 heteroatoms. The van der Waals surface area contributed by atoms with Crippen molar-refractivity contribution in [2.75, 3.05) is 5.32 Å². The van der Waals surface area contributed by atoms with E-state index in [4.69, 9.17) is 4.74 Å². The van der Waals surface area contributed by atoms with Crippen molar-refractivity contribution in [3.05, 3.63) is 70.8 Å². The molecule has 1 unspecified atom stereocenters. The number of carbonyl (C=O) groups excluding carboxylic acids is 1. The summed E-state index contributed by atoms with van der Waals surface area (Å²) >= 11 is 3.43. The zero-order valence-corrected chi connectivity index (χ0v) is 16.2. The first-order valence-corrected chi connectivity index (χ1v) is 9.22. The normalized spacial score (nSPS) is 11.8. The van der Waals surface area contributed by atoms with Crippen LogP contribution in [0.2, 0.25) is 0 Å². The van der Waals surface area contributed by atoms with Crippen molar-refractivity contribution in [3.63, 3.8) is 0 Å². The third kappa shape index (κ3) is 4.14. The maximum atomic E-state index is 12.4. The Labute approximate surface area is 161 Å². The Morgan fingerprint density at radius 3 is 2.54 bits per heavy atom. The number of nitrogens with zero attached hydrogens (tertiary/aromatic N) is 2. The third-order valence-corrected chi connectivity index (χ3v) is 4.60. The van der Waals surface area contributed by atoms with Gasteiger partial charge in [-0.3, -0.25) is 5.32 Å². The fraction of sp³-hybridized carbons (Fsp3) is 0.200. The lowest BCUT2D eigenvalue weighted by Crippen LogP contribution is -2.19. The van der Waals surface area contributed by atoms with Crippen molar-refractivity contribution in [1.29, 1.82) is 0 Å². The molecule has 1 heterocycles. The van der Waals surface area contributed by atoms with E-state index in [9.17, 15) is 4.79 Å². The fourth-order valence-electron chi connectivity index (χ4n) is 2.68. The molecule has 0 aliphatic heterocycles. The summed E-state index contributed by atoms with van der Waals surface area (Å²) in [6.45, 7) is 4.46. The van der Waals surface area contributed by atoms with Crippen LogP contribution in [0.5, 0.6) is 0 Å². The van der Waals surface area contributed by atoms with Gasteiger partial charge in [-0.25, -0.2) is 9.48 Å². The second-order valence-electron chi connectivity index (χ2n) is 5.81. The number of hydrogen-bond donors (Lipinski definition) is 1. The monoisotopic (exact) mass is 413 g/mol. The molecule has 1 N–H and O–H groups in total.